The molecule has 4 rings (SSSR count). The third kappa shape index (κ3) is 3.56. The highest BCUT2D eigenvalue weighted by atomic mass is 16.3. The first-order chi connectivity index (χ1) is 14.0. The summed E-state index contributed by atoms with van der Waals surface area (Å²) < 4.78 is 0. The van der Waals surface area contributed by atoms with Crippen molar-refractivity contribution in [2.75, 3.05) is 0 Å². The SMILES string of the molecule is CC(C)=CCC[C@@H](C)[C@H]1CC[C@H]2C3=C(CCC12C)C1(C)CC(C)(C)C(O)C[C@@H]1CC3. The third-order valence-electron chi connectivity index (χ3n) is 10.6. The van der Waals surface area contributed by atoms with Crippen molar-refractivity contribution in [3.63, 3.8) is 0 Å². The van der Waals surface area contributed by atoms with Crippen LogP contribution in [0.4, 0.5) is 0 Å². The maximum absolute atomic E-state index is 10.8. The fourth-order valence-corrected chi connectivity index (χ4v) is 8.89. The van der Waals surface area contributed by atoms with E-state index < -0.39 is 0 Å². The van der Waals surface area contributed by atoms with Gasteiger partial charge in [0.1, 0.15) is 0 Å². The molecule has 0 aromatic carbocycles. The lowest BCUT2D eigenvalue weighted by Crippen LogP contribution is -2.51. The molecule has 2 saturated carbocycles. The molecule has 0 spiro atoms. The molecule has 1 nitrogen and oxygen atoms in total. The topological polar surface area (TPSA) is 20.2 Å². The third-order valence-corrected chi connectivity index (χ3v) is 10.6. The molecule has 3 unspecified atom stereocenters. The Morgan fingerprint density at radius 2 is 1.83 bits per heavy atom. The molecule has 0 heterocycles. The zero-order valence-corrected chi connectivity index (χ0v) is 21.0. The second-order valence-corrected chi connectivity index (χ2v) is 13.2. The fourth-order valence-electron chi connectivity index (χ4n) is 8.89. The Bertz CT molecular complexity index is 723. The lowest BCUT2D eigenvalue weighted by atomic mass is 9.47. The largest absolute Gasteiger partial charge is 0.393 e. The summed E-state index contributed by atoms with van der Waals surface area (Å²) in [4.78, 5) is 0. The number of hydrogen-bond donors (Lipinski definition) is 1. The van der Waals surface area contributed by atoms with E-state index in [0.717, 1.165) is 24.2 Å². The van der Waals surface area contributed by atoms with Crippen LogP contribution >= 0.6 is 0 Å². The summed E-state index contributed by atoms with van der Waals surface area (Å²) in [5, 5.41) is 10.8. The van der Waals surface area contributed by atoms with Gasteiger partial charge in [-0.25, -0.2) is 0 Å². The molecule has 1 heteroatoms. The zero-order valence-electron chi connectivity index (χ0n) is 21.0. The van der Waals surface area contributed by atoms with Gasteiger partial charge in [-0.15, -0.1) is 0 Å². The second kappa shape index (κ2) is 7.79. The summed E-state index contributed by atoms with van der Waals surface area (Å²) in [7, 11) is 0. The first-order valence-corrected chi connectivity index (χ1v) is 13.0. The Balaban J connectivity index is 1.58. The van der Waals surface area contributed by atoms with E-state index in [1.54, 1.807) is 0 Å². The van der Waals surface area contributed by atoms with Gasteiger partial charge in [-0.1, -0.05) is 57.4 Å². The van der Waals surface area contributed by atoms with Crippen molar-refractivity contribution >= 4 is 0 Å². The summed E-state index contributed by atoms with van der Waals surface area (Å²) >= 11 is 0. The van der Waals surface area contributed by atoms with E-state index >= 15 is 0 Å². The van der Waals surface area contributed by atoms with E-state index in [0.29, 0.717) is 16.7 Å². The first kappa shape index (κ1) is 22.6. The molecule has 4 aliphatic rings. The summed E-state index contributed by atoms with van der Waals surface area (Å²) in [6.07, 6.45) is 15.4. The molecule has 30 heavy (non-hydrogen) atoms. The van der Waals surface area contributed by atoms with Crippen molar-refractivity contribution in [2.45, 2.75) is 119 Å². The van der Waals surface area contributed by atoms with E-state index in [9.17, 15) is 5.11 Å². The second-order valence-electron chi connectivity index (χ2n) is 13.2. The quantitative estimate of drug-likeness (QED) is 0.462. The van der Waals surface area contributed by atoms with E-state index in [-0.39, 0.29) is 11.5 Å². The van der Waals surface area contributed by atoms with Crippen molar-refractivity contribution in [1.29, 1.82) is 0 Å². The minimum absolute atomic E-state index is 0.0547. The van der Waals surface area contributed by atoms with Crippen LogP contribution < -0.4 is 0 Å². The van der Waals surface area contributed by atoms with Crippen LogP contribution in [0.5, 0.6) is 0 Å². The maximum atomic E-state index is 10.8. The Morgan fingerprint density at radius 3 is 2.53 bits per heavy atom. The van der Waals surface area contributed by atoms with Gasteiger partial charge in [0.25, 0.3) is 0 Å². The van der Waals surface area contributed by atoms with Crippen molar-refractivity contribution in [2.24, 2.45) is 39.9 Å². The molecule has 4 aliphatic carbocycles. The number of fused-ring (bicyclic) bond motifs is 4. The van der Waals surface area contributed by atoms with E-state index in [2.05, 4.69) is 54.5 Å². The standard InChI is InChI=1S/C29H48O/c1-19(2)9-8-10-20(3)23-13-14-24-22-12-11-21-17-26(30)27(4,5)18-29(21,7)25(22)15-16-28(23,24)6/h9,20-21,23-24,26,30H,8,10-18H2,1-7H3/t20-,21+,23-,24+,26?,28?,29?/m1/s1. The van der Waals surface area contributed by atoms with Crippen molar-refractivity contribution < 1.29 is 5.11 Å². The summed E-state index contributed by atoms with van der Waals surface area (Å²) in [5.41, 5.74) is 6.14. The summed E-state index contributed by atoms with van der Waals surface area (Å²) in [6, 6.07) is 0. The summed E-state index contributed by atoms with van der Waals surface area (Å²) in [6.45, 7) is 16.9. The van der Waals surface area contributed by atoms with Gasteiger partial charge in [-0.3, -0.25) is 0 Å². The molecule has 7 atom stereocenters. The molecule has 0 amide bonds. The van der Waals surface area contributed by atoms with Gasteiger partial charge in [-0.05, 0) is 118 Å². The van der Waals surface area contributed by atoms with Gasteiger partial charge in [0.15, 0.2) is 0 Å². The van der Waals surface area contributed by atoms with Gasteiger partial charge in [-0.2, -0.15) is 0 Å². The van der Waals surface area contributed by atoms with Crippen LogP contribution in [0, 0.1) is 39.9 Å². The average Bonchev–Trinajstić information content (AvgIpc) is 2.99. The van der Waals surface area contributed by atoms with Crippen molar-refractivity contribution in [3.8, 4) is 0 Å². The van der Waals surface area contributed by atoms with Gasteiger partial charge >= 0.3 is 0 Å². The van der Waals surface area contributed by atoms with Gasteiger partial charge in [0.05, 0.1) is 6.10 Å². The predicted molar refractivity (Wildman–Crippen MR) is 128 cm³/mol. The summed E-state index contributed by atoms with van der Waals surface area (Å²) in [5.74, 6) is 3.28. The molecule has 0 aromatic rings. The van der Waals surface area contributed by atoms with Gasteiger partial charge in [0, 0.05) is 0 Å². The normalized spacial score (nSPS) is 43.5. The Labute approximate surface area is 186 Å². The predicted octanol–water partition coefficient (Wildman–Crippen LogP) is 8.09. The highest BCUT2D eigenvalue weighted by Gasteiger charge is 2.57. The van der Waals surface area contributed by atoms with Gasteiger partial charge < -0.3 is 5.11 Å². The van der Waals surface area contributed by atoms with Crippen LogP contribution in [0.2, 0.25) is 0 Å². The Kier molecular flexibility index (Phi) is 5.87. The number of aliphatic hydroxyl groups is 1. The van der Waals surface area contributed by atoms with Crippen molar-refractivity contribution in [1.82, 2.24) is 0 Å². The number of hydrogen-bond acceptors (Lipinski definition) is 1. The van der Waals surface area contributed by atoms with Crippen LogP contribution in [-0.2, 0) is 0 Å². The number of aliphatic hydroxyl groups excluding tert-OH is 1. The fraction of sp³-hybridized carbons (Fsp3) is 0.862. The highest BCUT2D eigenvalue weighted by Crippen LogP contribution is 2.67. The molecule has 0 saturated heterocycles. The molecule has 0 bridgehead atoms. The highest BCUT2D eigenvalue weighted by molar-refractivity contribution is 5.35. The molecule has 170 valence electrons. The van der Waals surface area contributed by atoms with Crippen LogP contribution in [-0.4, -0.2) is 11.2 Å². The molecular formula is C29H48O. The van der Waals surface area contributed by atoms with E-state index in [1.165, 1.54) is 63.4 Å². The molecule has 0 aromatic heterocycles. The van der Waals surface area contributed by atoms with Crippen LogP contribution in [0.15, 0.2) is 22.8 Å². The first-order valence-electron chi connectivity index (χ1n) is 13.0. The Hall–Kier alpha value is -0.560. The van der Waals surface area contributed by atoms with Crippen LogP contribution in [0.25, 0.3) is 0 Å². The minimum Gasteiger partial charge on any atom is -0.393 e. The Morgan fingerprint density at radius 1 is 1.10 bits per heavy atom. The smallest absolute Gasteiger partial charge is 0.0594 e. The molecular weight excluding hydrogens is 364 g/mol. The zero-order chi connectivity index (χ0) is 21.9. The van der Waals surface area contributed by atoms with E-state index in [1.807, 2.05) is 11.1 Å². The lowest BCUT2D eigenvalue weighted by Gasteiger charge is -2.58. The number of allylic oxidation sites excluding steroid dienone is 4. The van der Waals surface area contributed by atoms with Crippen molar-refractivity contribution in [3.05, 3.63) is 22.8 Å². The average molecular weight is 413 g/mol. The van der Waals surface area contributed by atoms with E-state index in [4.69, 9.17) is 0 Å². The maximum Gasteiger partial charge on any atom is 0.0594 e. The van der Waals surface area contributed by atoms with Gasteiger partial charge in [0.2, 0.25) is 0 Å². The lowest BCUT2D eigenvalue weighted by molar-refractivity contribution is -0.0702. The monoisotopic (exact) mass is 412 g/mol. The molecule has 0 aliphatic heterocycles. The van der Waals surface area contributed by atoms with Crippen LogP contribution in [0.1, 0.15) is 113 Å². The number of rotatable bonds is 4. The molecule has 1 N–H and O–H groups in total. The molecule has 0 radical (unpaired) electrons. The minimum atomic E-state index is -0.121. The molecule has 2 fully saturated rings. The van der Waals surface area contributed by atoms with Crippen LogP contribution in [0.3, 0.4) is 0 Å².